The first kappa shape index (κ1) is 17.1. The van der Waals surface area contributed by atoms with Crippen molar-refractivity contribution in [1.29, 1.82) is 0 Å². The molecule has 0 spiro atoms. The molecule has 0 bridgehead atoms. The van der Waals surface area contributed by atoms with Gasteiger partial charge in [-0.1, -0.05) is 17.7 Å². The Kier molecular flexibility index (Phi) is 5.09. The van der Waals surface area contributed by atoms with Gasteiger partial charge in [0, 0.05) is 5.69 Å². The van der Waals surface area contributed by atoms with E-state index in [9.17, 15) is 9.59 Å². The van der Waals surface area contributed by atoms with Crippen LogP contribution >= 0.6 is 11.6 Å². The van der Waals surface area contributed by atoms with Crippen LogP contribution in [-0.2, 0) is 16.0 Å². The molecular weight excluding hydrogens is 346 g/mol. The van der Waals surface area contributed by atoms with Gasteiger partial charge in [-0.15, -0.1) is 0 Å². The van der Waals surface area contributed by atoms with Crippen molar-refractivity contribution in [2.45, 2.75) is 6.42 Å². The molecule has 0 unspecified atom stereocenters. The van der Waals surface area contributed by atoms with Crippen LogP contribution in [-0.4, -0.2) is 32.2 Å². The SMILES string of the molecule is COC(=O)c1cc(NC(=O)Cc2ccc3c(c2)OCCO3)ccc1Cl. The maximum Gasteiger partial charge on any atom is 0.339 e. The maximum absolute atomic E-state index is 12.3. The van der Waals surface area contributed by atoms with Gasteiger partial charge < -0.3 is 19.5 Å². The fourth-order valence-corrected chi connectivity index (χ4v) is 2.65. The van der Waals surface area contributed by atoms with Crippen molar-refractivity contribution in [2.75, 3.05) is 25.6 Å². The Balaban J connectivity index is 1.69. The Hall–Kier alpha value is -2.73. The predicted molar refractivity (Wildman–Crippen MR) is 92.6 cm³/mol. The highest BCUT2D eigenvalue weighted by molar-refractivity contribution is 6.33. The lowest BCUT2D eigenvalue weighted by Gasteiger charge is -2.18. The van der Waals surface area contributed by atoms with Crippen molar-refractivity contribution in [1.82, 2.24) is 0 Å². The lowest BCUT2D eigenvalue weighted by Crippen LogP contribution is -2.17. The summed E-state index contributed by atoms with van der Waals surface area (Å²) < 4.78 is 15.6. The van der Waals surface area contributed by atoms with Crippen molar-refractivity contribution in [3.63, 3.8) is 0 Å². The molecule has 1 aliphatic heterocycles. The van der Waals surface area contributed by atoms with Gasteiger partial charge >= 0.3 is 5.97 Å². The van der Waals surface area contributed by atoms with Crippen LogP contribution in [0.3, 0.4) is 0 Å². The van der Waals surface area contributed by atoms with Crippen LogP contribution < -0.4 is 14.8 Å². The van der Waals surface area contributed by atoms with Crippen LogP contribution in [0.25, 0.3) is 0 Å². The third-order valence-corrected chi connectivity index (χ3v) is 3.96. The van der Waals surface area contributed by atoms with E-state index in [4.69, 9.17) is 21.1 Å². The summed E-state index contributed by atoms with van der Waals surface area (Å²) in [6, 6.07) is 10.0. The van der Waals surface area contributed by atoms with Gasteiger partial charge in [0.05, 0.1) is 24.1 Å². The molecule has 25 heavy (non-hydrogen) atoms. The molecule has 0 radical (unpaired) electrons. The van der Waals surface area contributed by atoms with Crippen LogP contribution in [0.1, 0.15) is 15.9 Å². The number of ether oxygens (including phenoxy) is 3. The molecule has 0 atom stereocenters. The highest BCUT2D eigenvalue weighted by Crippen LogP contribution is 2.31. The molecule has 1 heterocycles. The van der Waals surface area contributed by atoms with Crippen LogP contribution in [0.2, 0.25) is 5.02 Å². The fourth-order valence-electron chi connectivity index (χ4n) is 2.46. The first-order valence-electron chi connectivity index (χ1n) is 7.63. The normalized spacial score (nSPS) is 12.4. The van der Waals surface area contributed by atoms with Crippen molar-refractivity contribution in [3.05, 3.63) is 52.5 Å². The maximum atomic E-state index is 12.3. The van der Waals surface area contributed by atoms with Gasteiger partial charge in [0.25, 0.3) is 0 Å². The first-order chi connectivity index (χ1) is 12.1. The molecule has 1 N–H and O–H groups in total. The summed E-state index contributed by atoms with van der Waals surface area (Å²) in [6.07, 6.45) is 0.160. The van der Waals surface area contributed by atoms with Gasteiger partial charge in [0.1, 0.15) is 13.2 Å². The molecule has 130 valence electrons. The number of hydrogen-bond acceptors (Lipinski definition) is 5. The van der Waals surface area contributed by atoms with Gasteiger partial charge in [-0.2, -0.15) is 0 Å². The zero-order valence-electron chi connectivity index (χ0n) is 13.5. The summed E-state index contributed by atoms with van der Waals surface area (Å²) in [4.78, 5) is 23.9. The van der Waals surface area contributed by atoms with Gasteiger partial charge in [-0.3, -0.25) is 4.79 Å². The smallest absolute Gasteiger partial charge is 0.339 e. The molecule has 2 aromatic rings. The topological polar surface area (TPSA) is 73.9 Å². The molecule has 0 saturated carbocycles. The molecule has 3 rings (SSSR count). The number of rotatable bonds is 4. The monoisotopic (exact) mass is 361 g/mol. The summed E-state index contributed by atoms with van der Waals surface area (Å²) in [5, 5.41) is 3.00. The van der Waals surface area contributed by atoms with Gasteiger partial charge in [-0.25, -0.2) is 4.79 Å². The Morgan fingerprint density at radius 1 is 1.12 bits per heavy atom. The third kappa shape index (κ3) is 4.03. The highest BCUT2D eigenvalue weighted by Gasteiger charge is 2.15. The molecule has 7 heteroatoms. The lowest BCUT2D eigenvalue weighted by molar-refractivity contribution is -0.115. The molecule has 1 aliphatic rings. The van der Waals surface area contributed by atoms with Gasteiger partial charge in [-0.05, 0) is 35.9 Å². The number of benzene rings is 2. The quantitative estimate of drug-likeness (QED) is 0.847. The average Bonchev–Trinajstić information content (AvgIpc) is 2.62. The summed E-state index contributed by atoms with van der Waals surface area (Å²) >= 11 is 5.96. The van der Waals surface area contributed by atoms with E-state index in [2.05, 4.69) is 10.1 Å². The number of fused-ring (bicyclic) bond motifs is 1. The second-order valence-electron chi connectivity index (χ2n) is 5.39. The van der Waals surface area contributed by atoms with E-state index in [0.29, 0.717) is 30.4 Å². The largest absolute Gasteiger partial charge is 0.486 e. The number of carbonyl (C=O) groups excluding carboxylic acids is 2. The van der Waals surface area contributed by atoms with Crippen molar-refractivity contribution < 1.29 is 23.8 Å². The standard InChI is InChI=1S/C18H16ClNO5/c1-23-18(22)13-10-12(3-4-14(13)19)20-17(21)9-11-2-5-15-16(8-11)25-7-6-24-15/h2-5,8,10H,6-7,9H2,1H3,(H,20,21). The van der Waals surface area contributed by atoms with Crippen LogP contribution in [0, 0.1) is 0 Å². The summed E-state index contributed by atoms with van der Waals surface area (Å²) in [5.41, 5.74) is 1.46. The molecular formula is C18H16ClNO5. The van der Waals surface area contributed by atoms with E-state index >= 15 is 0 Å². The summed E-state index contributed by atoms with van der Waals surface area (Å²) in [6.45, 7) is 1.01. The number of amides is 1. The lowest BCUT2D eigenvalue weighted by atomic mass is 10.1. The predicted octanol–water partition coefficient (Wildman–Crippen LogP) is 3.08. The Morgan fingerprint density at radius 3 is 2.64 bits per heavy atom. The number of carbonyl (C=O) groups is 2. The van der Waals surface area contributed by atoms with E-state index in [0.717, 1.165) is 5.56 Å². The number of methoxy groups -OCH3 is 1. The van der Waals surface area contributed by atoms with E-state index < -0.39 is 5.97 Å². The van der Waals surface area contributed by atoms with E-state index in [1.54, 1.807) is 18.2 Å². The number of halogens is 1. The summed E-state index contributed by atoms with van der Waals surface area (Å²) in [5.74, 6) is 0.523. The first-order valence-corrected chi connectivity index (χ1v) is 8.01. The minimum Gasteiger partial charge on any atom is -0.486 e. The minimum atomic E-state index is -0.562. The molecule has 1 amide bonds. The average molecular weight is 362 g/mol. The Labute approximate surface area is 149 Å². The van der Waals surface area contributed by atoms with Crippen molar-refractivity contribution in [3.8, 4) is 11.5 Å². The molecule has 0 fully saturated rings. The molecule has 6 nitrogen and oxygen atoms in total. The van der Waals surface area contributed by atoms with Crippen molar-refractivity contribution in [2.24, 2.45) is 0 Å². The number of hydrogen-bond donors (Lipinski definition) is 1. The summed E-state index contributed by atoms with van der Waals surface area (Å²) in [7, 11) is 1.27. The van der Waals surface area contributed by atoms with E-state index in [1.165, 1.54) is 19.2 Å². The van der Waals surface area contributed by atoms with E-state index in [1.807, 2.05) is 6.07 Å². The fraction of sp³-hybridized carbons (Fsp3) is 0.222. The molecule has 0 saturated heterocycles. The Bertz CT molecular complexity index is 821. The van der Waals surface area contributed by atoms with Crippen LogP contribution in [0.15, 0.2) is 36.4 Å². The van der Waals surface area contributed by atoms with Crippen LogP contribution in [0.4, 0.5) is 5.69 Å². The minimum absolute atomic E-state index is 0.160. The third-order valence-electron chi connectivity index (χ3n) is 3.63. The zero-order chi connectivity index (χ0) is 17.8. The van der Waals surface area contributed by atoms with Crippen molar-refractivity contribution >= 4 is 29.2 Å². The molecule has 0 aliphatic carbocycles. The Morgan fingerprint density at radius 2 is 1.88 bits per heavy atom. The second-order valence-corrected chi connectivity index (χ2v) is 5.80. The second kappa shape index (κ2) is 7.44. The highest BCUT2D eigenvalue weighted by atomic mass is 35.5. The number of anilines is 1. The molecule has 2 aromatic carbocycles. The number of nitrogens with one attached hydrogen (secondary N) is 1. The molecule has 0 aromatic heterocycles. The zero-order valence-corrected chi connectivity index (χ0v) is 14.3. The van der Waals surface area contributed by atoms with Gasteiger partial charge in [0.2, 0.25) is 5.91 Å². The van der Waals surface area contributed by atoms with E-state index in [-0.39, 0.29) is 22.9 Å². The number of esters is 1. The van der Waals surface area contributed by atoms with Gasteiger partial charge in [0.15, 0.2) is 11.5 Å². The van der Waals surface area contributed by atoms with Crippen LogP contribution in [0.5, 0.6) is 11.5 Å².